The quantitative estimate of drug-likeness (QED) is 0.756. The molecule has 0 aromatic heterocycles. The highest BCUT2D eigenvalue weighted by Crippen LogP contribution is 2.16. The van der Waals surface area contributed by atoms with E-state index in [9.17, 15) is 13.2 Å². The van der Waals surface area contributed by atoms with E-state index in [1.54, 1.807) is 60.5 Å². The van der Waals surface area contributed by atoms with Crippen LogP contribution in [0.1, 0.15) is 10.4 Å². The number of carbonyl (C=O) groups excluding carboxylic acids is 1. The lowest BCUT2D eigenvalue weighted by molar-refractivity contribution is 0.0643. The zero-order valence-electron chi connectivity index (χ0n) is 15.4. The van der Waals surface area contributed by atoms with Gasteiger partial charge in [-0.2, -0.15) is 0 Å². The van der Waals surface area contributed by atoms with Crippen LogP contribution in [0.25, 0.3) is 0 Å². The topological polar surface area (TPSA) is 66.9 Å². The lowest BCUT2D eigenvalue weighted by Gasteiger charge is -2.34. The van der Waals surface area contributed by atoms with Gasteiger partial charge in [0.15, 0.2) is 9.84 Å². The Morgan fingerprint density at radius 2 is 1.70 bits per heavy atom. The molecule has 0 bridgehead atoms. The van der Waals surface area contributed by atoms with E-state index >= 15 is 0 Å². The third-order valence-electron chi connectivity index (χ3n) is 4.75. The Bertz CT molecular complexity index is 876. The Morgan fingerprint density at radius 1 is 1.00 bits per heavy atom. The average molecular weight is 388 g/mol. The predicted octanol–water partition coefficient (Wildman–Crippen LogP) is 1.93. The molecular formula is C20H24N2O4S. The first-order valence-electron chi connectivity index (χ1n) is 8.93. The molecule has 0 saturated carbocycles. The van der Waals surface area contributed by atoms with Crippen LogP contribution in [0.4, 0.5) is 0 Å². The lowest BCUT2D eigenvalue weighted by Crippen LogP contribution is -2.49. The van der Waals surface area contributed by atoms with E-state index < -0.39 is 9.84 Å². The van der Waals surface area contributed by atoms with Crippen LogP contribution in [0.2, 0.25) is 0 Å². The molecular weight excluding hydrogens is 364 g/mol. The van der Waals surface area contributed by atoms with Gasteiger partial charge in [-0.3, -0.25) is 9.69 Å². The van der Waals surface area contributed by atoms with Crippen LogP contribution >= 0.6 is 0 Å². The molecule has 1 aliphatic rings. The fourth-order valence-electron chi connectivity index (χ4n) is 3.11. The van der Waals surface area contributed by atoms with Crippen molar-refractivity contribution in [1.82, 2.24) is 9.80 Å². The molecule has 144 valence electrons. The van der Waals surface area contributed by atoms with Crippen LogP contribution in [-0.2, 0) is 9.84 Å². The number of methoxy groups -OCH3 is 1. The molecule has 0 radical (unpaired) electrons. The predicted molar refractivity (Wildman–Crippen MR) is 104 cm³/mol. The molecule has 0 spiro atoms. The van der Waals surface area contributed by atoms with Crippen LogP contribution in [0.3, 0.4) is 0 Å². The molecule has 7 heteroatoms. The van der Waals surface area contributed by atoms with E-state index in [-0.39, 0.29) is 11.7 Å². The fourth-order valence-corrected chi connectivity index (χ4v) is 4.41. The molecule has 0 atom stereocenters. The Labute approximate surface area is 160 Å². The highest BCUT2D eigenvalue weighted by atomic mass is 32.2. The number of sulfone groups is 1. The van der Waals surface area contributed by atoms with E-state index in [1.165, 1.54) is 0 Å². The van der Waals surface area contributed by atoms with E-state index in [1.807, 2.05) is 6.07 Å². The first-order valence-corrected chi connectivity index (χ1v) is 10.6. The van der Waals surface area contributed by atoms with E-state index in [0.717, 1.165) is 0 Å². The number of nitrogens with zero attached hydrogens (tertiary/aromatic N) is 2. The summed E-state index contributed by atoms with van der Waals surface area (Å²) in [5.41, 5.74) is 0.606. The maximum Gasteiger partial charge on any atom is 0.254 e. The number of hydrogen-bond acceptors (Lipinski definition) is 5. The number of carbonyl (C=O) groups is 1. The molecule has 1 saturated heterocycles. The number of amides is 1. The molecule has 3 rings (SSSR count). The van der Waals surface area contributed by atoms with Crippen LogP contribution in [-0.4, -0.2) is 69.7 Å². The van der Waals surface area contributed by atoms with Crippen molar-refractivity contribution in [3.05, 3.63) is 60.2 Å². The minimum Gasteiger partial charge on any atom is -0.497 e. The summed E-state index contributed by atoms with van der Waals surface area (Å²) < 4.78 is 30.0. The first kappa shape index (κ1) is 19.4. The van der Waals surface area contributed by atoms with Gasteiger partial charge in [-0.05, 0) is 30.3 Å². The maximum absolute atomic E-state index is 12.6. The van der Waals surface area contributed by atoms with Crippen molar-refractivity contribution in [3.63, 3.8) is 0 Å². The molecule has 27 heavy (non-hydrogen) atoms. The van der Waals surface area contributed by atoms with Gasteiger partial charge in [0.1, 0.15) is 5.75 Å². The molecule has 1 amide bonds. The first-order chi connectivity index (χ1) is 13.0. The van der Waals surface area contributed by atoms with Crippen molar-refractivity contribution >= 4 is 15.7 Å². The second-order valence-corrected chi connectivity index (χ2v) is 8.61. The normalized spacial score (nSPS) is 15.5. The van der Waals surface area contributed by atoms with E-state index in [4.69, 9.17) is 4.74 Å². The smallest absolute Gasteiger partial charge is 0.254 e. The van der Waals surface area contributed by atoms with Crippen molar-refractivity contribution in [2.24, 2.45) is 0 Å². The molecule has 1 heterocycles. The summed E-state index contributed by atoms with van der Waals surface area (Å²) in [4.78, 5) is 16.9. The SMILES string of the molecule is COc1cccc(C(=O)N2CCN(CCS(=O)(=O)c3ccccc3)CC2)c1. The summed E-state index contributed by atoms with van der Waals surface area (Å²) in [5, 5.41) is 0. The third kappa shape index (κ3) is 4.87. The van der Waals surface area contributed by atoms with Crippen molar-refractivity contribution in [2.45, 2.75) is 4.90 Å². The molecule has 0 unspecified atom stereocenters. The second kappa shape index (κ2) is 8.54. The minimum atomic E-state index is -3.28. The number of ether oxygens (including phenoxy) is 1. The van der Waals surface area contributed by atoms with Crippen LogP contribution in [0, 0.1) is 0 Å². The van der Waals surface area contributed by atoms with Crippen molar-refractivity contribution in [2.75, 3.05) is 45.6 Å². The molecule has 1 aliphatic heterocycles. The van der Waals surface area contributed by atoms with Crippen LogP contribution in [0.5, 0.6) is 5.75 Å². The Hall–Kier alpha value is -2.38. The van der Waals surface area contributed by atoms with Gasteiger partial charge in [0.2, 0.25) is 0 Å². The van der Waals surface area contributed by atoms with Crippen LogP contribution < -0.4 is 4.74 Å². The summed E-state index contributed by atoms with van der Waals surface area (Å²) in [7, 11) is -1.70. The molecule has 0 N–H and O–H groups in total. The molecule has 6 nitrogen and oxygen atoms in total. The lowest BCUT2D eigenvalue weighted by atomic mass is 10.1. The highest BCUT2D eigenvalue weighted by Gasteiger charge is 2.24. The summed E-state index contributed by atoms with van der Waals surface area (Å²) in [6.45, 7) is 2.97. The summed E-state index contributed by atoms with van der Waals surface area (Å²) >= 11 is 0. The fraction of sp³-hybridized carbons (Fsp3) is 0.350. The number of piperazine rings is 1. The molecule has 1 fully saturated rings. The second-order valence-electron chi connectivity index (χ2n) is 6.50. The molecule has 2 aromatic rings. The van der Waals surface area contributed by atoms with E-state index in [0.29, 0.717) is 48.9 Å². The maximum atomic E-state index is 12.6. The highest BCUT2D eigenvalue weighted by molar-refractivity contribution is 7.91. The van der Waals surface area contributed by atoms with Gasteiger partial charge in [0, 0.05) is 38.3 Å². The van der Waals surface area contributed by atoms with Gasteiger partial charge in [0.25, 0.3) is 5.91 Å². The van der Waals surface area contributed by atoms with Gasteiger partial charge < -0.3 is 9.64 Å². The summed E-state index contributed by atoms with van der Waals surface area (Å²) in [5.74, 6) is 0.719. The Kier molecular flexibility index (Phi) is 6.13. The van der Waals surface area contributed by atoms with Crippen molar-refractivity contribution < 1.29 is 17.9 Å². The number of hydrogen-bond donors (Lipinski definition) is 0. The van der Waals surface area contributed by atoms with Gasteiger partial charge >= 0.3 is 0 Å². The van der Waals surface area contributed by atoms with Gasteiger partial charge in [-0.1, -0.05) is 24.3 Å². The minimum absolute atomic E-state index is 0.0227. The molecule has 2 aromatic carbocycles. The van der Waals surface area contributed by atoms with Crippen molar-refractivity contribution in [3.8, 4) is 5.75 Å². The number of benzene rings is 2. The van der Waals surface area contributed by atoms with Crippen molar-refractivity contribution in [1.29, 1.82) is 0 Å². The standard InChI is InChI=1S/C20H24N2O4S/c1-26-18-7-5-6-17(16-18)20(23)22-12-10-21(11-13-22)14-15-27(24,25)19-8-3-2-4-9-19/h2-9,16H,10-15H2,1H3. The van der Waals surface area contributed by atoms with Gasteiger partial charge in [-0.15, -0.1) is 0 Å². The summed E-state index contributed by atoms with van der Waals surface area (Å²) in [6.07, 6.45) is 0. The number of rotatable bonds is 6. The van der Waals surface area contributed by atoms with E-state index in [2.05, 4.69) is 4.90 Å². The van der Waals surface area contributed by atoms with Crippen LogP contribution in [0.15, 0.2) is 59.5 Å². The molecule has 0 aliphatic carbocycles. The van der Waals surface area contributed by atoms with Gasteiger partial charge in [0.05, 0.1) is 17.8 Å². The zero-order chi connectivity index (χ0) is 19.3. The Morgan fingerprint density at radius 3 is 2.37 bits per heavy atom. The van der Waals surface area contributed by atoms with Gasteiger partial charge in [-0.25, -0.2) is 8.42 Å². The third-order valence-corrected chi connectivity index (χ3v) is 6.47. The average Bonchev–Trinajstić information content (AvgIpc) is 2.73. The summed E-state index contributed by atoms with van der Waals surface area (Å²) in [6, 6.07) is 15.6. The largest absolute Gasteiger partial charge is 0.497 e. The zero-order valence-corrected chi connectivity index (χ0v) is 16.2. The monoisotopic (exact) mass is 388 g/mol. The Balaban J connectivity index is 1.52.